The number of hydrogen-bond acceptors (Lipinski definition) is 3. The Balaban J connectivity index is 1.45. The molecule has 6 heteroatoms. The van der Waals surface area contributed by atoms with Crippen LogP contribution in [-0.4, -0.2) is 36.2 Å². The minimum atomic E-state index is -0.959. The van der Waals surface area contributed by atoms with Gasteiger partial charge in [-0.05, 0) is 42.7 Å². The molecule has 136 valence electrons. The van der Waals surface area contributed by atoms with E-state index in [0.717, 1.165) is 18.5 Å². The third kappa shape index (κ3) is 4.14. The van der Waals surface area contributed by atoms with Gasteiger partial charge in [0.1, 0.15) is 0 Å². The molecule has 0 spiro atoms. The molecular weight excluding hydrogens is 330 g/mol. The number of urea groups is 1. The van der Waals surface area contributed by atoms with Crippen molar-refractivity contribution >= 4 is 17.7 Å². The fourth-order valence-corrected chi connectivity index (χ4v) is 3.18. The maximum absolute atomic E-state index is 12.0. The summed E-state index contributed by atoms with van der Waals surface area (Å²) < 4.78 is 0. The average molecular weight is 353 g/mol. The number of hydrogen-bond donors (Lipinski definition) is 3. The molecule has 2 amide bonds. The van der Waals surface area contributed by atoms with Crippen molar-refractivity contribution in [3.8, 4) is 0 Å². The van der Waals surface area contributed by atoms with Gasteiger partial charge in [0.25, 0.3) is 0 Å². The standard InChI is InChI=1S/C20H23N3O3/c1-14(23-11-10-16-4-2-3-5-18(16)23)12-21-20(26)22-13-15-6-8-17(9-7-15)19(24)25/h2-9,14H,10-13H2,1H3,(H,24,25)(H2,21,22,26). The van der Waals surface area contributed by atoms with Crippen LogP contribution in [0.25, 0.3) is 0 Å². The van der Waals surface area contributed by atoms with E-state index in [0.29, 0.717) is 13.1 Å². The summed E-state index contributed by atoms with van der Waals surface area (Å²) in [6, 6.07) is 14.8. The lowest BCUT2D eigenvalue weighted by molar-refractivity contribution is 0.0697. The number of carbonyl (C=O) groups is 2. The van der Waals surface area contributed by atoms with Gasteiger partial charge < -0.3 is 20.6 Å². The molecule has 0 aliphatic carbocycles. The molecule has 1 aliphatic rings. The summed E-state index contributed by atoms with van der Waals surface area (Å²) in [6.45, 7) is 3.98. The summed E-state index contributed by atoms with van der Waals surface area (Å²) in [4.78, 5) is 25.2. The number of benzene rings is 2. The van der Waals surface area contributed by atoms with E-state index in [1.165, 1.54) is 23.4 Å². The maximum atomic E-state index is 12.0. The topological polar surface area (TPSA) is 81.7 Å². The molecular formula is C20H23N3O3. The van der Waals surface area contributed by atoms with Crippen LogP contribution in [0.4, 0.5) is 10.5 Å². The summed E-state index contributed by atoms with van der Waals surface area (Å²) in [7, 11) is 0. The molecule has 1 aliphatic heterocycles. The zero-order valence-corrected chi connectivity index (χ0v) is 14.7. The second kappa shape index (κ2) is 7.91. The van der Waals surface area contributed by atoms with Gasteiger partial charge >= 0.3 is 12.0 Å². The number of anilines is 1. The highest BCUT2D eigenvalue weighted by molar-refractivity contribution is 5.87. The molecule has 0 radical (unpaired) electrons. The first-order valence-electron chi connectivity index (χ1n) is 8.73. The van der Waals surface area contributed by atoms with Crippen LogP contribution in [0.15, 0.2) is 48.5 Å². The van der Waals surface area contributed by atoms with Crippen molar-refractivity contribution in [2.24, 2.45) is 0 Å². The highest BCUT2D eigenvalue weighted by Crippen LogP contribution is 2.28. The lowest BCUT2D eigenvalue weighted by Crippen LogP contribution is -2.44. The third-order valence-electron chi connectivity index (χ3n) is 4.67. The number of nitrogens with one attached hydrogen (secondary N) is 2. The summed E-state index contributed by atoms with van der Waals surface area (Å²) in [5.41, 5.74) is 3.69. The Morgan fingerprint density at radius 2 is 1.85 bits per heavy atom. The minimum absolute atomic E-state index is 0.208. The molecule has 3 rings (SSSR count). The normalized spacial score (nSPS) is 13.8. The molecule has 1 atom stereocenters. The molecule has 0 aromatic heterocycles. The van der Waals surface area contributed by atoms with E-state index in [-0.39, 0.29) is 17.6 Å². The second-order valence-electron chi connectivity index (χ2n) is 6.49. The van der Waals surface area contributed by atoms with Crippen LogP contribution >= 0.6 is 0 Å². The summed E-state index contributed by atoms with van der Waals surface area (Å²) in [5, 5.41) is 14.6. The Morgan fingerprint density at radius 1 is 1.12 bits per heavy atom. The van der Waals surface area contributed by atoms with Gasteiger partial charge in [-0.15, -0.1) is 0 Å². The lowest BCUT2D eigenvalue weighted by atomic mass is 10.1. The maximum Gasteiger partial charge on any atom is 0.335 e. The lowest BCUT2D eigenvalue weighted by Gasteiger charge is -2.27. The molecule has 1 heterocycles. The largest absolute Gasteiger partial charge is 0.478 e. The van der Waals surface area contributed by atoms with Crippen molar-refractivity contribution in [1.82, 2.24) is 10.6 Å². The summed E-state index contributed by atoms with van der Waals surface area (Å²) in [5.74, 6) is -0.959. The number of carboxylic acids is 1. The molecule has 1 unspecified atom stereocenters. The number of carbonyl (C=O) groups excluding carboxylic acids is 1. The zero-order valence-electron chi connectivity index (χ0n) is 14.7. The summed E-state index contributed by atoms with van der Waals surface area (Å²) >= 11 is 0. The molecule has 0 bridgehead atoms. The number of fused-ring (bicyclic) bond motifs is 1. The smallest absolute Gasteiger partial charge is 0.335 e. The highest BCUT2D eigenvalue weighted by Gasteiger charge is 2.22. The van der Waals surface area contributed by atoms with E-state index in [1.54, 1.807) is 12.1 Å². The number of para-hydroxylation sites is 1. The van der Waals surface area contributed by atoms with Crippen LogP contribution in [0.2, 0.25) is 0 Å². The van der Waals surface area contributed by atoms with Crippen molar-refractivity contribution in [3.63, 3.8) is 0 Å². The van der Waals surface area contributed by atoms with Crippen LogP contribution in [0.5, 0.6) is 0 Å². The number of aromatic carboxylic acids is 1. The molecule has 6 nitrogen and oxygen atoms in total. The van der Waals surface area contributed by atoms with Gasteiger partial charge in [0, 0.05) is 31.4 Å². The summed E-state index contributed by atoms with van der Waals surface area (Å²) in [6.07, 6.45) is 1.04. The van der Waals surface area contributed by atoms with Gasteiger partial charge in [0.05, 0.1) is 5.56 Å². The Bertz CT molecular complexity index is 789. The number of carboxylic acid groups (broad SMARTS) is 1. The number of rotatable bonds is 6. The van der Waals surface area contributed by atoms with Crippen LogP contribution in [0.3, 0.4) is 0 Å². The third-order valence-corrected chi connectivity index (χ3v) is 4.67. The van der Waals surface area contributed by atoms with Gasteiger partial charge in [-0.1, -0.05) is 30.3 Å². The zero-order chi connectivity index (χ0) is 18.5. The molecule has 0 fully saturated rings. The molecule has 3 N–H and O–H groups in total. The molecule has 26 heavy (non-hydrogen) atoms. The Kier molecular flexibility index (Phi) is 5.41. The van der Waals surface area contributed by atoms with Crippen molar-refractivity contribution in [1.29, 1.82) is 0 Å². The fraction of sp³-hybridized carbons (Fsp3) is 0.300. The number of nitrogens with zero attached hydrogens (tertiary/aromatic N) is 1. The highest BCUT2D eigenvalue weighted by atomic mass is 16.4. The second-order valence-corrected chi connectivity index (χ2v) is 6.49. The SMILES string of the molecule is CC(CNC(=O)NCc1ccc(C(=O)O)cc1)N1CCc2ccccc21. The van der Waals surface area contributed by atoms with Gasteiger partial charge in [-0.3, -0.25) is 0 Å². The molecule has 0 saturated heterocycles. The van der Waals surface area contributed by atoms with Gasteiger partial charge in [-0.2, -0.15) is 0 Å². The molecule has 2 aromatic carbocycles. The Hall–Kier alpha value is -3.02. The predicted octanol–water partition coefficient (Wildman–Crippen LogP) is 2.64. The number of amides is 2. The Morgan fingerprint density at radius 3 is 2.58 bits per heavy atom. The van der Waals surface area contributed by atoms with E-state index < -0.39 is 5.97 Å². The fourth-order valence-electron chi connectivity index (χ4n) is 3.18. The van der Waals surface area contributed by atoms with E-state index in [1.807, 2.05) is 6.07 Å². The predicted molar refractivity (Wildman–Crippen MR) is 101 cm³/mol. The van der Waals surface area contributed by atoms with Crippen molar-refractivity contribution in [2.45, 2.75) is 25.9 Å². The van der Waals surface area contributed by atoms with E-state index in [2.05, 4.69) is 40.7 Å². The van der Waals surface area contributed by atoms with E-state index >= 15 is 0 Å². The van der Waals surface area contributed by atoms with Gasteiger partial charge in [0.2, 0.25) is 0 Å². The molecule has 0 saturated carbocycles. The van der Waals surface area contributed by atoms with Crippen molar-refractivity contribution in [3.05, 3.63) is 65.2 Å². The monoisotopic (exact) mass is 353 g/mol. The van der Waals surface area contributed by atoms with Crippen LogP contribution in [0, 0.1) is 0 Å². The first kappa shape index (κ1) is 17.8. The van der Waals surface area contributed by atoms with Crippen LogP contribution in [-0.2, 0) is 13.0 Å². The van der Waals surface area contributed by atoms with Crippen molar-refractivity contribution < 1.29 is 14.7 Å². The first-order valence-corrected chi connectivity index (χ1v) is 8.73. The van der Waals surface area contributed by atoms with Crippen molar-refractivity contribution in [2.75, 3.05) is 18.0 Å². The van der Waals surface area contributed by atoms with Crippen LogP contribution in [0.1, 0.15) is 28.4 Å². The minimum Gasteiger partial charge on any atom is -0.478 e. The van der Waals surface area contributed by atoms with E-state index in [4.69, 9.17) is 5.11 Å². The van der Waals surface area contributed by atoms with E-state index in [9.17, 15) is 9.59 Å². The van der Waals surface area contributed by atoms with Gasteiger partial charge in [0.15, 0.2) is 0 Å². The average Bonchev–Trinajstić information content (AvgIpc) is 3.09. The molecule has 2 aromatic rings. The van der Waals surface area contributed by atoms with Gasteiger partial charge in [-0.25, -0.2) is 9.59 Å². The first-order chi connectivity index (χ1) is 12.5. The Labute approximate surface area is 152 Å². The van der Waals surface area contributed by atoms with Crippen LogP contribution < -0.4 is 15.5 Å². The quantitative estimate of drug-likeness (QED) is 0.746.